The van der Waals surface area contributed by atoms with E-state index in [1.165, 1.54) is 5.01 Å². The van der Waals surface area contributed by atoms with Crippen LogP contribution < -0.4 is 19.7 Å². The third-order valence-corrected chi connectivity index (χ3v) is 5.94. The average Bonchev–Trinajstić information content (AvgIpc) is 2.98. The van der Waals surface area contributed by atoms with Crippen molar-refractivity contribution in [1.82, 2.24) is 10.3 Å². The lowest BCUT2D eigenvalue weighted by atomic mass is 9.94. The van der Waals surface area contributed by atoms with Gasteiger partial charge in [-0.3, -0.25) is 0 Å². The molecule has 1 saturated heterocycles. The van der Waals surface area contributed by atoms with Gasteiger partial charge in [-0.05, 0) is 43.2 Å². The van der Waals surface area contributed by atoms with Crippen LogP contribution in [0.3, 0.4) is 0 Å². The quantitative estimate of drug-likeness (QED) is 0.795. The minimum Gasteiger partial charge on any atom is -0.493 e. The number of hydrogen-bond donors (Lipinski definition) is 1. The molecule has 4 rings (SSSR count). The van der Waals surface area contributed by atoms with Crippen molar-refractivity contribution < 1.29 is 19.0 Å². The highest BCUT2D eigenvalue weighted by atomic mass is 16.5. The highest BCUT2D eigenvalue weighted by Gasteiger charge is 2.28. The predicted molar refractivity (Wildman–Crippen MR) is 124 cm³/mol. The van der Waals surface area contributed by atoms with Crippen LogP contribution in [0.5, 0.6) is 11.5 Å². The summed E-state index contributed by atoms with van der Waals surface area (Å²) in [5.41, 5.74) is 4.79. The Kier molecular flexibility index (Phi) is 6.50. The molecule has 0 spiro atoms. The summed E-state index contributed by atoms with van der Waals surface area (Å²) in [5, 5.41) is 9.04. The van der Waals surface area contributed by atoms with Crippen molar-refractivity contribution in [2.45, 2.75) is 19.4 Å². The van der Waals surface area contributed by atoms with Gasteiger partial charge >= 0.3 is 6.03 Å². The number of urea groups is 1. The Labute approximate surface area is 188 Å². The number of nitrogens with zero attached hydrogens (tertiary/aromatic N) is 3. The summed E-state index contributed by atoms with van der Waals surface area (Å²) in [6.45, 7) is 5.22. The maximum atomic E-state index is 12.6. The first-order valence-corrected chi connectivity index (χ1v) is 10.8. The van der Waals surface area contributed by atoms with Crippen LogP contribution in [0.1, 0.15) is 23.6 Å². The van der Waals surface area contributed by atoms with Crippen LogP contribution in [0.4, 0.5) is 10.5 Å². The van der Waals surface area contributed by atoms with Gasteiger partial charge in [0.2, 0.25) is 0 Å². The summed E-state index contributed by atoms with van der Waals surface area (Å²) in [6.07, 6.45) is 0.641. The zero-order valence-electron chi connectivity index (χ0n) is 19.1. The number of carbonyl (C=O) groups is 1. The Bertz CT molecular complexity index is 1000. The molecule has 170 valence electrons. The first kappa shape index (κ1) is 22.0. The number of carbonyl (C=O) groups excluding carboxylic acids is 1. The first-order valence-electron chi connectivity index (χ1n) is 10.8. The summed E-state index contributed by atoms with van der Waals surface area (Å²) >= 11 is 0. The van der Waals surface area contributed by atoms with Crippen molar-refractivity contribution in [1.29, 1.82) is 0 Å². The van der Waals surface area contributed by atoms with E-state index in [4.69, 9.17) is 19.3 Å². The summed E-state index contributed by atoms with van der Waals surface area (Å²) in [5.74, 6) is 1.29. The van der Waals surface area contributed by atoms with Gasteiger partial charge in [0.15, 0.2) is 11.5 Å². The highest BCUT2D eigenvalue weighted by Crippen LogP contribution is 2.34. The topological polar surface area (TPSA) is 75.6 Å². The lowest BCUT2D eigenvalue weighted by Crippen LogP contribution is -2.41. The molecule has 2 heterocycles. The molecule has 0 bridgehead atoms. The SMILES string of the molecule is CNC(=O)N1N=C(c2ccc(N3CCOCC3)cc2)c2cc(OC)c(OC)cc2C[C@@H]1C. The monoisotopic (exact) mass is 438 g/mol. The Balaban J connectivity index is 1.80. The molecule has 0 aromatic heterocycles. The molecule has 1 atom stereocenters. The zero-order chi connectivity index (χ0) is 22.7. The summed E-state index contributed by atoms with van der Waals surface area (Å²) < 4.78 is 16.5. The van der Waals surface area contributed by atoms with Crippen LogP contribution >= 0.6 is 0 Å². The fourth-order valence-corrected chi connectivity index (χ4v) is 4.20. The third kappa shape index (κ3) is 4.23. The number of amides is 2. The highest BCUT2D eigenvalue weighted by molar-refractivity contribution is 6.14. The largest absolute Gasteiger partial charge is 0.493 e. The smallest absolute Gasteiger partial charge is 0.337 e. The maximum Gasteiger partial charge on any atom is 0.337 e. The predicted octanol–water partition coefficient (Wildman–Crippen LogP) is 2.88. The van der Waals surface area contributed by atoms with Crippen molar-refractivity contribution >= 4 is 17.4 Å². The fraction of sp³-hybridized carbons (Fsp3) is 0.417. The molecule has 32 heavy (non-hydrogen) atoms. The molecule has 1 N–H and O–H groups in total. The number of rotatable bonds is 4. The zero-order valence-corrected chi connectivity index (χ0v) is 19.1. The molecule has 8 nitrogen and oxygen atoms in total. The van der Waals surface area contributed by atoms with Crippen LogP contribution in [-0.2, 0) is 11.2 Å². The van der Waals surface area contributed by atoms with Gasteiger partial charge in [0, 0.05) is 37.0 Å². The average molecular weight is 439 g/mol. The molecule has 2 aliphatic heterocycles. The first-order chi connectivity index (χ1) is 15.5. The molecular weight excluding hydrogens is 408 g/mol. The van der Waals surface area contributed by atoms with Crippen LogP contribution in [0.2, 0.25) is 0 Å². The maximum absolute atomic E-state index is 12.6. The number of nitrogens with one attached hydrogen (secondary N) is 1. The van der Waals surface area contributed by atoms with Crippen LogP contribution in [0.25, 0.3) is 0 Å². The standard InChI is InChI=1S/C24H30N4O4/c1-16-13-18-14-21(30-3)22(31-4)15-20(18)23(26-28(16)24(29)25-2)17-5-7-19(8-6-17)27-9-11-32-12-10-27/h5-8,14-16H,9-13H2,1-4H3,(H,25,29)/t16-/m0/s1. The Hall–Kier alpha value is -3.26. The molecule has 0 saturated carbocycles. The minimum atomic E-state index is -0.244. The normalized spacial score (nSPS) is 18.4. The van der Waals surface area contributed by atoms with E-state index in [-0.39, 0.29) is 12.1 Å². The van der Waals surface area contributed by atoms with Gasteiger partial charge in [-0.25, -0.2) is 9.80 Å². The molecule has 2 amide bonds. The van der Waals surface area contributed by atoms with Crippen molar-refractivity contribution in [2.75, 3.05) is 52.5 Å². The number of methoxy groups -OCH3 is 2. The van der Waals surface area contributed by atoms with E-state index >= 15 is 0 Å². The van der Waals surface area contributed by atoms with E-state index in [0.29, 0.717) is 17.9 Å². The Morgan fingerprint density at radius 2 is 1.75 bits per heavy atom. The van der Waals surface area contributed by atoms with Gasteiger partial charge in [-0.15, -0.1) is 0 Å². The van der Waals surface area contributed by atoms with E-state index in [0.717, 1.165) is 54.4 Å². The number of hydrazone groups is 1. The van der Waals surface area contributed by atoms with Crippen LogP contribution in [-0.4, -0.2) is 70.4 Å². The second-order valence-electron chi connectivity index (χ2n) is 7.91. The van der Waals surface area contributed by atoms with Gasteiger partial charge in [0.25, 0.3) is 0 Å². The molecule has 2 aromatic carbocycles. The molecule has 1 fully saturated rings. The molecular formula is C24H30N4O4. The molecule has 0 radical (unpaired) electrons. The van der Waals surface area contributed by atoms with Crippen molar-refractivity contribution in [3.8, 4) is 11.5 Å². The number of hydrogen-bond acceptors (Lipinski definition) is 6. The van der Waals surface area contributed by atoms with Crippen LogP contribution in [0, 0.1) is 0 Å². The van der Waals surface area contributed by atoms with Crippen molar-refractivity contribution in [2.24, 2.45) is 5.10 Å². The van der Waals surface area contributed by atoms with E-state index in [2.05, 4.69) is 34.5 Å². The minimum absolute atomic E-state index is 0.128. The number of ether oxygens (including phenoxy) is 3. The van der Waals surface area contributed by atoms with Crippen molar-refractivity contribution in [3.63, 3.8) is 0 Å². The summed E-state index contributed by atoms with van der Waals surface area (Å²) in [4.78, 5) is 14.9. The number of fused-ring (bicyclic) bond motifs is 1. The molecule has 0 aliphatic carbocycles. The second kappa shape index (κ2) is 9.48. The van der Waals surface area contributed by atoms with Gasteiger partial charge in [-0.2, -0.15) is 5.10 Å². The van der Waals surface area contributed by atoms with E-state index in [1.54, 1.807) is 21.3 Å². The summed E-state index contributed by atoms with van der Waals surface area (Å²) in [7, 11) is 4.86. The number of anilines is 1. The molecule has 2 aromatic rings. The number of benzene rings is 2. The third-order valence-electron chi connectivity index (χ3n) is 5.94. The van der Waals surface area contributed by atoms with E-state index in [1.807, 2.05) is 19.1 Å². The lowest BCUT2D eigenvalue weighted by molar-refractivity contribution is 0.122. The Morgan fingerprint density at radius 1 is 1.09 bits per heavy atom. The fourth-order valence-electron chi connectivity index (χ4n) is 4.20. The van der Waals surface area contributed by atoms with Gasteiger partial charge in [-0.1, -0.05) is 12.1 Å². The second-order valence-corrected chi connectivity index (χ2v) is 7.91. The molecule has 0 unspecified atom stereocenters. The van der Waals surface area contributed by atoms with E-state index < -0.39 is 0 Å². The Morgan fingerprint density at radius 3 is 2.38 bits per heavy atom. The number of morpholine rings is 1. The van der Waals surface area contributed by atoms with E-state index in [9.17, 15) is 4.79 Å². The van der Waals surface area contributed by atoms with Gasteiger partial charge in [0.05, 0.1) is 39.2 Å². The summed E-state index contributed by atoms with van der Waals surface area (Å²) in [6, 6.07) is 11.9. The van der Waals surface area contributed by atoms with Gasteiger partial charge < -0.3 is 24.4 Å². The van der Waals surface area contributed by atoms with Crippen LogP contribution in [0.15, 0.2) is 41.5 Å². The lowest BCUT2D eigenvalue weighted by Gasteiger charge is -2.29. The molecule has 8 heteroatoms. The van der Waals surface area contributed by atoms with Crippen molar-refractivity contribution in [3.05, 3.63) is 53.1 Å². The van der Waals surface area contributed by atoms with Gasteiger partial charge in [0.1, 0.15) is 0 Å². The molecule has 2 aliphatic rings.